The Morgan fingerprint density at radius 1 is 1.21 bits per heavy atom. The Hall–Kier alpha value is -1.86. The first-order valence-electron chi connectivity index (χ1n) is 8.26. The van der Waals surface area contributed by atoms with Crippen LogP contribution in [-0.2, 0) is 13.1 Å². The van der Waals surface area contributed by atoms with E-state index >= 15 is 0 Å². The zero-order valence-corrected chi connectivity index (χ0v) is 14.6. The van der Waals surface area contributed by atoms with E-state index in [1.165, 1.54) is 4.68 Å². The monoisotopic (exact) mass is 352 g/mol. The first kappa shape index (κ1) is 18.5. The molecule has 0 saturated carbocycles. The molecular weight excluding hydrogens is 328 g/mol. The summed E-state index contributed by atoms with van der Waals surface area (Å²) in [7, 11) is 0. The molecule has 1 aliphatic rings. The van der Waals surface area contributed by atoms with Gasteiger partial charge in [-0.1, -0.05) is 0 Å². The Balaban J connectivity index is 0.00000208. The van der Waals surface area contributed by atoms with Crippen LogP contribution in [0.15, 0.2) is 35.5 Å². The van der Waals surface area contributed by atoms with Gasteiger partial charge >= 0.3 is 0 Å². The zero-order valence-electron chi connectivity index (χ0n) is 13.8. The van der Waals surface area contributed by atoms with Crippen molar-refractivity contribution in [1.29, 1.82) is 0 Å². The van der Waals surface area contributed by atoms with E-state index in [1.54, 1.807) is 18.5 Å². The van der Waals surface area contributed by atoms with Gasteiger partial charge in [0.2, 0.25) is 0 Å². The molecule has 0 atom stereocenters. The second kappa shape index (κ2) is 8.84. The van der Waals surface area contributed by atoms with Crippen molar-refractivity contribution in [3.8, 4) is 0 Å². The molecule has 8 heteroatoms. The summed E-state index contributed by atoms with van der Waals surface area (Å²) in [6, 6.07) is 3.59. The molecule has 1 fully saturated rings. The van der Waals surface area contributed by atoms with E-state index in [-0.39, 0.29) is 18.0 Å². The number of nitrogens with two attached hydrogens (primary N) is 1. The van der Waals surface area contributed by atoms with Gasteiger partial charge < -0.3 is 10.6 Å². The van der Waals surface area contributed by atoms with Crippen LogP contribution in [0.1, 0.15) is 19.3 Å². The van der Waals surface area contributed by atoms with Crippen LogP contribution in [0.25, 0.3) is 0 Å². The molecule has 132 valence electrons. The normalized spacial score (nSPS) is 15.3. The van der Waals surface area contributed by atoms with Gasteiger partial charge in [0.05, 0.1) is 11.9 Å². The maximum absolute atomic E-state index is 12.2. The van der Waals surface area contributed by atoms with Crippen LogP contribution in [0.4, 0.5) is 5.69 Å². The molecule has 2 aromatic heterocycles. The Kier molecular flexibility index (Phi) is 6.81. The second-order valence-electron chi connectivity index (χ2n) is 6.06. The van der Waals surface area contributed by atoms with Gasteiger partial charge in [-0.2, -0.15) is 10.2 Å². The van der Waals surface area contributed by atoms with E-state index in [2.05, 4.69) is 15.1 Å². The summed E-state index contributed by atoms with van der Waals surface area (Å²) in [6.07, 6.45) is 8.48. The third kappa shape index (κ3) is 4.58. The summed E-state index contributed by atoms with van der Waals surface area (Å²) in [4.78, 5) is 14.5. The molecule has 3 rings (SSSR count). The smallest absolute Gasteiger partial charge is 0.268 e. The van der Waals surface area contributed by atoms with Crippen LogP contribution in [0.5, 0.6) is 0 Å². The van der Waals surface area contributed by atoms with Gasteiger partial charge in [0.1, 0.15) is 0 Å². The first-order valence-corrected chi connectivity index (χ1v) is 8.26. The molecule has 0 unspecified atom stereocenters. The number of halogens is 1. The van der Waals surface area contributed by atoms with Crippen molar-refractivity contribution in [3.05, 3.63) is 41.1 Å². The minimum atomic E-state index is -0.0380. The van der Waals surface area contributed by atoms with E-state index in [0.717, 1.165) is 51.1 Å². The molecule has 1 aliphatic heterocycles. The first-order chi connectivity index (χ1) is 11.3. The highest BCUT2D eigenvalue weighted by Crippen LogP contribution is 2.20. The fourth-order valence-corrected chi connectivity index (χ4v) is 3.01. The van der Waals surface area contributed by atoms with E-state index < -0.39 is 0 Å². The summed E-state index contributed by atoms with van der Waals surface area (Å²) in [5.74, 6) is 0.613. The third-order valence-corrected chi connectivity index (χ3v) is 4.48. The topological polar surface area (TPSA) is 82.0 Å². The van der Waals surface area contributed by atoms with Crippen LogP contribution >= 0.6 is 12.4 Å². The largest absolute Gasteiger partial charge is 0.370 e. The Morgan fingerprint density at radius 2 is 2.00 bits per heavy atom. The van der Waals surface area contributed by atoms with Gasteiger partial charge in [0.15, 0.2) is 0 Å². The fraction of sp³-hybridized carbons (Fsp3) is 0.562. The van der Waals surface area contributed by atoms with Crippen molar-refractivity contribution in [1.82, 2.24) is 19.6 Å². The predicted molar refractivity (Wildman–Crippen MR) is 96.6 cm³/mol. The number of nitrogens with zero attached hydrogens (tertiary/aromatic N) is 5. The lowest BCUT2D eigenvalue weighted by atomic mass is 9.97. The average molecular weight is 353 g/mol. The molecular formula is C16H25ClN6O. The molecule has 1 saturated heterocycles. The second-order valence-corrected chi connectivity index (χ2v) is 6.06. The molecule has 0 amide bonds. The Bertz CT molecular complexity index is 663. The summed E-state index contributed by atoms with van der Waals surface area (Å²) in [5.41, 5.74) is 6.61. The summed E-state index contributed by atoms with van der Waals surface area (Å²) in [5, 5.41) is 8.47. The highest BCUT2D eigenvalue weighted by molar-refractivity contribution is 5.85. The van der Waals surface area contributed by atoms with Crippen molar-refractivity contribution >= 4 is 18.1 Å². The van der Waals surface area contributed by atoms with Crippen LogP contribution in [-0.4, -0.2) is 39.2 Å². The van der Waals surface area contributed by atoms with Crippen molar-refractivity contribution in [2.24, 2.45) is 11.7 Å². The summed E-state index contributed by atoms with van der Waals surface area (Å²) >= 11 is 0. The maximum atomic E-state index is 12.2. The van der Waals surface area contributed by atoms with Crippen LogP contribution in [0, 0.1) is 5.92 Å². The van der Waals surface area contributed by atoms with Crippen molar-refractivity contribution < 1.29 is 0 Å². The number of anilines is 1. The van der Waals surface area contributed by atoms with Gasteiger partial charge in [0.25, 0.3) is 5.56 Å². The number of aryl methyl sites for hydroxylation is 2. The molecule has 0 aliphatic carbocycles. The van der Waals surface area contributed by atoms with Crippen LogP contribution < -0.4 is 16.2 Å². The number of piperidine rings is 1. The van der Waals surface area contributed by atoms with E-state index in [4.69, 9.17) is 5.73 Å². The van der Waals surface area contributed by atoms with Gasteiger partial charge in [0, 0.05) is 44.6 Å². The quantitative estimate of drug-likeness (QED) is 0.842. The van der Waals surface area contributed by atoms with Crippen LogP contribution in [0.2, 0.25) is 0 Å². The minimum absolute atomic E-state index is 0. The van der Waals surface area contributed by atoms with Crippen molar-refractivity contribution in [2.75, 3.05) is 24.5 Å². The molecule has 3 heterocycles. The minimum Gasteiger partial charge on any atom is -0.370 e. The van der Waals surface area contributed by atoms with Gasteiger partial charge in [-0.3, -0.25) is 9.48 Å². The fourth-order valence-electron chi connectivity index (χ4n) is 3.01. The van der Waals surface area contributed by atoms with E-state index in [9.17, 15) is 4.79 Å². The summed E-state index contributed by atoms with van der Waals surface area (Å²) < 4.78 is 3.39. The molecule has 0 radical (unpaired) electrons. The molecule has 0 bridgehead atoms. The van der Waals surface area contributed by atoms with Crippen LogP contribution in [0.3, 0.4) is 0 Å². The lowest BCUT2D eigenvalue weighted by molar-refractivity contribution is 0.413. The summed E-state index contributed by atoms with van der Waals surface area (Å²) in [6.45, 7) is 4.05. The third-order valence-electron chi connectivity index (χ3n) is 4.48. The number of rotatable bonds is 6. The van der Waals surface area contributed by atoms with Gasteiger partial charge in [-0.25, -0.2) is 4.68 Å². The van der Waals surface area contributed by atoms with Crippen molar-refractivity contribution in [2.45, 2.75) is 32.4 Å². The zero-order chi connectivity index (χ0) is 16.1. The molecule has 2 aromatic rings. The molecule has 0 spiro atoms. The lowest BCUT2D eigenvalue weighted by Gasteiger charge is -2.32. The van der Waals surface area contributed by atoms with Gasteiger partial charge in [-0.05, 0) is 37.8 Å². The predicted octanol–water partition coefficient (Wildman–Crippen LogP) is 1.13. The molecule has 24 heavy (non-hydrogen) atoms. The molecule has 7 nitrogen and oxygen atoms in total. The number of aromatic nitrogens is 4. The standard InChI is InChI=1S/C16H24N6O.ClH/c17-12-14-3-9-20(10-4-14)15-11-16(23)22(19-13-15)8-2-7-21-6-1-5-18-21;/h1,5-6,11,13-14H,2-4,7-10,12,17H2;1H. The van der Waals surface area contributed by atoms with E-state index in [0.29, 0.717) is 12.5 Å². The Morgan fingerprint density at radius 3 is 2.62 bits per heavy atom. The lowest BCUT2D eigenvalue weighted by Crippen LogP contribution is -2.37. The Labute approximate surface area is 147 Å². The molecule has 0 aromatic carbocycles. The number of hydrogen-bond donors (Lipinski definition) is 1. The molecule has 2 N–H and O–H groups in total. The number of hydrogen-bond acceptors (Lipinski definition) is 5. The highest BCUT2D eigenvalue weighted by Gasteiger charge is 2.18. The average Bonchev–Trinajstić information content (AvgIpc) is 3.10. The van der Waals surface area contributed by atoms with Gasteiger partial charge in [-0.15, -0.1) is 12.4 Å². The van der Waals surface area contributed by atoms with E-state index in [1.807, 2.05) is 16.9 Å². The SMILES string of the molecule is Cl.NCC1CCN(c2cnn(CCCn3cccn3)c(=O)c2)CC1. The maximum Gasteiger partial charge on any atom is 0.268 e. The van der Waals surface area contributed by atoms with Crippen molar-refractivity contribution in [3.63, 3.8) is 0 Å². The highest BCUT2D eigenvalue weighted by atomic mass is 35.5.